The second-order valence-corrected chi connectivity index (χ2v) is 4.31. The number of carbonyl (C=O) groups is 1. The van der Waals surface area contributed by atoms with E-state index in [2.05, 4.69) is 36.8 Å². The zero-order chi connectivity index (χ0) is 12.3. The molecule has 0 saturated carbocycles. The highest BCUT2D eigenvalue weighted by atomic mass is 79.9. The van der Waals surface area contributed by atoms with E-state index in [0.717, 1.165) is 6.20 Å². The van der Waals surface area contributed by atoms with Gasteiger partial charge in [0.25, 0.3) is 6.43 Å². The molecule has 1 aromatic heterocycles. The molecule has 1 N–H and O–H groups in total. The molecule has 16 heavy (non-hydrogen) atoms. The molecule has 0 spiro atoms. The van der Waals surface area contributed by atoms with E-state index in [1.165, 1.54) is 0 Å². The highest BCUT2D eigenvalue weighted by Gasteiger charge is 2.19. The average Bonchev–Trinajstić information content (AvgIpc) is 2.19. The average molecular weight is 359 g/mol. The molecule has 1 rings (SSSR count). The number of halogens is 4. The van der Waals surface area contributed by atoms with Gasteiger partial charge >= 0.3 is 5.97 Å². The van der Waals surface area contributed by atoms with Crippen LogP contribution in [0.2, 0.25) is 0 Å². The maximum atomic E-state index is 12.6. The Balaban J connectivity index is 3.23. The minimum Gasteiger partial charge on any atom is -0.481 e. The van der Waals surface area contributed by atoms with Crippen molar-refractivity contribution in [2.45, 2.75) is 18.2 Å². The van der Waals surface area contributed by atoms with Crippen LogP contribution in [0.4, 0.5) is 8.78 Å². The lowest BCUT2D eigenvalue weighted by Gasteiger charge is -2.11. The monoisotopic (exact) mass is 357 g/mol. The minimum atomic E-state index is -2.63. The summed E-state index contributed by atoms with van der Waals surface area (Å²) in [5.41, 5.74) is 0.380. The van der Waals surface area contributed by atoms with Gasteiger partial charge in [-0.1, -0.05) is 15.9 Å². The molecule has 0 saturated heterocycles. The molecule has 0 radical (unpaired) electrons. The first-order valence-corrected chi connectivity index (χ1v) is 6.10. The number of aromatic nitrogens is 1. The molecule has 1 heterocycles. The van der Waals surface area contributed by atoms with E-state index < -0.39 is 12.4 Å². The first-order chi connectivity index (χ1) is 7.47. The van der Waals surface area contributed by atoms with Gasteiger partial charge in [0.2, 0.25) is 0 Å². The minimum absolute atomic E-state index is 0.196. The summed E-state index contributed by atoms with van der Waals surface area (Å²) < 4.78 is 25.5. The fraction of sp³-hybridized carbons (Fsp3) is 0.333. The van der Waals surface area contributed by atoms with E-state index in [0.29, 0.717) is 10.0 Å². The zero-order valence-corrected chi connectivity index (χ0v) is 11.1. The van der Waals surface area contributed by atoms with Crippen molar-refractivity contribution in [3.8, 4) is 0 Å². The van der Waals surface area contributed by atoms with Crippen molar-refractivity contribution in [2.24, 2.45) is 0 Å². The van der Waals surface area contributed by atoms with Gasteiger partial charge in [-0.2, -0.15) is 0 Å². The van der Waals surface area contributed by atoms with Gasteiger partial charge in [-0.05, 0) is 21.5 Å². The molecule has 1 aromatic rings. The lowest BCUT2D eigenvalue weighted by molar-refractivity contribution is -0.136. The maximum Gasteiger partial charge on any atom is 0.309 e. The van der Waals surface area contributed by atoms with Crippen molar-refractivity contribution in [2.75, 3.05) is 0 Å². The molecule has 0 aromatic carbocycles. The highest BCUT2D eigenvalue weighted by Crippen LogP contribution is 2.31. The summed E-state index contributed by atoms with van der Waals surface area (Å²) in [5, 5.41) is 8.82. The Morgan fingerprint density at radius 1 is 1.56 bits per heavy atom. The van der Waals surface area contributed by atoms with Crippen LogP contribution < -0.4 is 0 Å². The van der Waals surface area contributed by atoms with E-state index in [1.807, 2.05) is 0 Å². The Morgan fingerprint density at radius 2 is 2.19 bits per heavy atom. The van der Waals surface area contributed by atoms with Crippen molar-refractivity contribution in [3.63, 3.8) is 0 Å². The molecule has 0 atom stereocenters. The third-order valence-electron chi connectivity index (χ3n) is 1.91. The van der Waals surface area contributed by atoms with Gasteiger partial charge in [0.05, 0.1) is 12.1 Å². The molecule has 0 aliphatic rings. The van der Waals surface area contributed by atoms with Crippen molar-refractivity contribution in [1.29, 1.82) is 0 Å². The SMILES string of the molecule is O=C(O)Cc1ncc(C(F)F)c(CBr)c1Br. The van der Waals surface area contributed by atoms with Crippen LogP contribution in [0.15, 0.2) is 10.7 Å². The third-order valence-corrected chi connectivity index (χ3v) is 3.41. The number of carboxylic acid groups (broad SMARTS) is 1. The van der Waals surface area contributed by atoms with Gasteiger partial charge in [-0.15, -0.1) is 0 Å². The Labute approximate surface area is 107 Å². The molecule has 0 fully saturated rings. The molecule has 0 bridgehead atoms. The standard InChI is InChI=1S/C9H7Br2F2NO2/c10-2-4-5(9(12)13)3-14-6(8(4)11)1-7(15)16/h3,9H,1-2H2,(H,15,16). The zero-order valence-electron chi connectivity index (χ0n) is 7.88. The number of carboxylic acids is 1. The van der Waals surface area contributed by atoms with Gasteiger partial charge in [-0.25, -0.2) is 8.78 Å². The van der Waals surface area contributed by atoms with Crippen LogP contribution in [0.1, 0.15) is 23.2 Å². The number of aliphatic carboxylic acids is 1. The van der Waals surface area contributed by atoms with Gasteiger partial charge in [0.15, 0.2) is 0 Å². The fourth-order valence-electron chi connectivity index (χ4n) is 1.17. The van der Waals surface area contributed by atoms with Crippen LogP contribution in [-0.2, 0) is 16.5 Å². The van der Waals surface area contributed by atoms with E-state index in [4.69, 9.17) is 5.11 Å². The van der Waals surface area contributed by atoms with Gasteiger partial charge in [0.1, 0.15) is 0 Å². The molecular formula is C9H7Br2F2NO2. The van der Waals surface area contributed by atoms with Gasteiger partial charge in [-0.3, -0.25) is 9.78 Å². The van der Waals surface area contributed by atoms with Gasteiger partial charge in [0, 0.05) is 21.6 Å². The van der Waals surface area contributed by atoms with Crippen LogP contribution in [0, 0.1) is 0 Å². The molecule has 7 heteroatoms. The second kappa shape index (κ2) is 5.67. The van der Waals surface area contributed by atoms with Crippen LogP contribution in [-0.4, -0.2) is 16.1 Å². The molecule has 0 aliphatic heterocycles. The predicted octanol–water partition coefficient (Wildman–Crippen LogP) is 3.30. The van der Waals surface area contributed by atoms with E-state index >= 15 is 0 Å². The summed E-state index contributed by atoms with van der Waals surface area (Å²) >= 11 is 6.19. The van der Waals surface area contributed by atoms with E-state index in [1.54, 1.807) is 0 Å². The predicted molar refractivity (Wildman–Crippen MR) is 60.9 cm³/mol. The number of rotatable bonds is 4. The largest absolute Gasteiger partial charge is 0.481 e. The summed E-state index contributed by atoms with van der Waals surface area (Å²) in [7, 11) is 0. The van der Waals surface area contributed by atoms with Gasteiger partial charge < -0.3 is 5.11 Å². The third kappa shape index (κ3) is 2.98. The summed E-state index contributed by atoms with van der Waals surface area (Å²) in [6.07, 6.45) is -1.91. The van der Waals surface area contributed by atoms with E-state index in [9.17, 15) is 13.6 Å². The molecule has 88 valence electrons. The molecule has 0 amide bonds. The van der Waals surface area contributed by atoms with Crippen molar-refractivity contribution in [3.05, 3.63) is 27.5 Å². The first kappa shape index (κ1) is 13.5. The quantitative estimate of drug-likeness (QED) is 0.840. The summed E-state index contributed by atoms with van der Waals surface area (Å²) in [6.45, 7) is 0. The highest BCUT2D eigenvalue weighted by molar-refractivity contribution is 9.10. The Hall–Kier alpha value is -0.560. The molecule has 0 unspecified atom stereocenters. The first-order valence-electron chi connectivity index (χ1n) is 4.19. The number of nitrogens with zero attached hydrogens (tertiary/aromatic N) is 1. The van der Waals surface area contributed by atoms with Crippen molar-refractivity contribution in [1.82, 2.24) is 4.98 Å². The molecular weight excluding hydrogens is 352 g/mol. The second-order valence-electron chi connectivity index (χ2n) is 2.96. The smallest absolute Gasteiger partial charge is 0.309 e. The maximum absolute atomic E-state index is 12.6. The fourth-order valence-corrected chi connectivity index (χ4v) is 2.77. The molecule has 0 aliphatic carbocycles. The number of alkyl halides is 3. The Bertz CT molecular complexity index is 413. The summed E-state index contributed by atoms with van der Waals surface area (Å²) in [5.74, 6) is -1.06. The number of pyridine rings is 1. The number of hydrogen-bond acceptors (Lipinski definition) is 2. The van der Waals surface area contributed by atoms with E-state index in [-0.39, 0.29) is 23.0 Å². The lowest BCUT2D eigenvalue weighted by Crippen LogP contribution is -2.06. The Morgan fingerprint density at radius 3 is 2.62 bits per heavy atom. The number of hydrogen-bond donors (Lipinski definition) is 1. The van der Waals surface area contributed by atoms with Crippen molar-refractivity contribution >= 4 is 37.8 Å². The Kier molecular flexibility index (Phi) is 4.79. The normalized spacial score (nSPS) is 10.8. The summed E-state index contributed by atoms with van der Waals surface area (Å²) in [4.78, 5) is 14.2. The topological polar surface area (TPSA) is 50.2 Å². The van der Waals surface area contributed by atoms with Crippen LogP contribution in [0.5, 0.6) is 0 Å². The molecule has 3 nitrogen and oxygen atoms in total. The lowest BCUT2D eigenvalue weighted by atomic mass is 10.1. The van der Waals surface area contributed by atoms with Crippen molar-refractivity contribution < 1.29 is 18.7 Å². The van der Waals surface area contributed by atoms with Crippen LogP contribution in [0.25, 0.3) is 0 Å². The summed E-state index contributed by atoms with van der Waals surface area (Å²) in [6, 6.07) is 0. The van der Waals surface area contributed by atoms with Crippen LogP contribution >= 0.6 is 31.9 Å². The van der Waals surface area contributed by atoms with Crippen LogP contribution in [0.3, 0.4) is 0 Å².